The quantitative estimate of drug-likeness (QED) is 0.849. The van der Waals surface area contributed by atoms with Crippen molar-refractivity contribution in [2.45, 2.75) is 19.1 Å². The highest BCUT2D eigenvalue weighted by molar-refractivity contribution is 6.30. The zero-order valence-electron chi connectivity index (χ0n) is 9.12. The Morgan fingerprint density at radius 2 is 2.24 bits per heavy atom. The Morgan fingerprint density at radius 1 is 1.59 bits per heavy atom. The van der Waals surface area contributed by atoms with Gasteiger partial charge in [-0.2, -0.15) is 0 Å². The van der Waals surface area contributed by atoms with Crippen LogP contribution >= 0.6 is 11.6 Å². The van der Waals surface area contributed by atoms with E-state index in [-0.39, 0.29) is 17.2 Å². The van der Waals surface area contributed by atoms with Gasteiger partial charge in [0.05, 0.1) is 12.6 Å². The lowest BCUT2D eigenvalue weighted by molar-refractivity contribution is -0.149. The highest BCUT2D eigenvalue weighted by Gasteiger charge is 2.29. The van der Waals surface area contributed by atoms with Gasteiger partial charge in [0.1, 0.15) is 5.82 Å². The fourth-order valence-corrected chi connectivity index (χ4v) is 1.46. The van der Waals surface area contributed by atoms with Gasteiger partial charge in [-0.05, 0) is 19.1 Å². The molecule has 1 rings (SSSR count). The first-order valence-corrected chi connectivity index (χ1v) is 5.36. The molecule has 0 bridgehead atoms. The van der Waals surface area contributed by atoms with E-state index in [4.69, 9.17) is 17.3 Å². The van der Waals surface area contributed by atoms with Gasteiger partial charge in [0.15, 0.2) is 0 Å². The minimum absolute atomic E-state index is 0.0368. The molecule has 0 aromatic heterocycles. The fraction of sp³-hybridized carbons (Fsp3) is 0.364. The van der Waals surface area contributed by atoms with E-state index in [2.05, 4.69) is 4.74 Å². The normalized spacial score (nSPS) is 14.2. The molecule has 17 heavy (non-hydrogen) atoms. The molecule has 6 heteroatoms. The van der Waals surface area contributed by atoms with Gasteiger partial charge in [-0.25, -0.2) is 13.6 Å². The second kappa shape index (κ2) is 5.93. The maximum absolute atomic E-state index is 13.5. The summed E-state index contributed by atoms with van der Waals surface area (Å²) in [4.78, 5) is 11.1. The first-order chi connectivity index (χ1) is 7.97. The van der Waals surface area contributed by atoms with Crippen molar-refractivity contribution in [2.75, 3.05) is 6.61 Å². The van der Waals surface area contributed by atoms with E-state index in [9.17, 15) is 13.6 Å². The van der Waals surface area contributed by atoms with Gasteiger partial charge < -0.3 is 10.5 Å². The third kappa shape index (κ3) is 3.38. The van der Waals surface area contributed by atoms with E-state index < -0.39 is 24.0 Å². The molecule has 2 N–H and O–H groups in total. The number of carbonyl (C=O) groups is 1. The molecule has 0 radical (unpaired) electrons. The summed E-state index contributed by atoms with van der Waals surface area (Å²) >= 11 is 5.55. The number of carbonyl (C=O) groups excluding carboxylic acids is 1. The standard InChI is InChI=1S/C11H12ClF2NO2/c1-2-17-11(16)9(14)10(15)7-4-3-6(12)5-8(7)13/h3-5,9-10H,2,15H2,1H3/t9?,10-/m1/s1. The molecule has 3 nitrogen and oxygen atoms in total. The molecule has 2 atom stereocenters. The van der Waals surface area contributed by atoms with Crippen molar-refractivity contribution < 1.29 is 18.3 Å². The zero-order valence-corrected chi connectivity index (χ0v) is 9.88. The number of esters is 1. The van der Waals surface area contributed by atoms with Crippen LogP contribution in [0.1, 0.15) is 18.5 Å². The number of rotatable bonds is 4. The molecule has 0 amide bonds. The van der Waals surface area contributed by atoms with E-state index in [1.165, 1.54) is 12.1 Å². The summed E-state index contributed by atoms with van der Waals surface area (Å²) in [6.07, 6.45) is -2.11. The van der Waals surface area contributed by atoms with E-state index in [1.54, 1.807) is 6.92 Å². The minimum Gasteiger partial charge on any atom is -0.464 e. The van der Waals surface area contributed by atoms with Crippen LogP contribution in [0.15, 0.2) is 18.2 Å². The highest BCUT2D eigenvalue weighted by atomic mass is 35.5. The lowest BCUT2D eigenvalue weighted by Gasteiger charge is -2.16. The summed E-state index contributed by atoms with van der Waals surface area (Å²) in [6, 6.07) is 2.21. The van der Waals surface area contributed by atoms with Crippen LogP contribution in [0.5, 0.6) is 0 Å². The molecule has 1 unspecified atom stereocenters. The molecule has 0 saturated carbocycles. The van der Waals surface area contributed by atoms with E-state index in [0.717, 1.165) is 6.07 Å². The molecule has 0 heterocycles. The molecular formula is C11H12ClF2NO2. The predicted octanol–water partition coefficient (Wildman–Crippen LogP) is 2.38. The number of nitrogens with two attached hydrogens (primary N) is 1. The van der Waals surface area contributed by atoms with Gasteiger partial charge in [0.2, 0.25) is 6.17 Å². The number of hydrogen-bond acceptors (Lipinski definition) is 3. The van der Waals surface area contributed by atoms with Crippen molar-refractivity contribution in [3.05, 3.63) is 34.6 Å². The Morgan fingerprint density at radius 3 is 2.76 bits per heavy atom. The molecule has 0 aliphatic heterocycles. The molecule has 0 spiro atoms. The Hall–Kier alpha value is -1.20. The van der Waals surface area contributed by atoms with Crippen LogP contribution in [0.3, 0.4) is 0 Å². The number of benzene rings is 1. The van der Waals surface area contributed by atoms with E-state index >= 15 is 0 Å². The smallest absolute Gasteiger partial charge is 0.342 e. The maximum atomic E-state index is 13.5. The summed E-state index contributed by atoms with van der Waals surface area (Å²) in [7, 11) is 0. The Bertz CT molecular complexity index is 414. The maximum Gasteiger partial charge on any atom is 0.342 e. The minimum atomic E-state index is -2.11. The first kappa shape index (κ1) is 13.9. The van der Waals surface area contributed by atoms with Crippen LogP contribution in [0, 0.1) is 5.82 Å². The van der Waals surface area contributed by atoms with Crippen molar-refractivity contribution in [3.63, 3.8) is 0 Å². The lowest BCUT2D eigenvalue weighted by Crippen LogP contribution is -2.32. The van der Waals surface area contributed by atoms with Crippen LogP contribution in [0.2, 0.25) is 5.02 Å². The predicted molar refractivity (Wildman–Crippen MR) is 59.9 cm³/mol. The second-order valence-corrected chi connectivity index (χ2v) is 3.78. The van der Waals surface area contributed by atoms with Gasteiger partial charge >= 0.3 is 5.97 Å². The van der Waals surface area contributed by atoms with Gasteiger partial charge in [-0.15, -0.1) is 0 Å². The molecular weight excluding hydrogens is 252 g/mol. The number of ether oxygens (including phenoxy) is 1. The van der Waals surface area contributed by atoms with Crippen LogP contribution in [0.4, 0.5) is 8.78 Å². The van der Waals surface area contributed by atoms with Crippen molar-refractivity contribution in [1.29, 1.82) is 0 Å². The van der Waals surface area contributed by atoms with Crippen molar-refractivity contribution >= 4 is 17.6 Å². The second-order valence-electron chi connectivity index (χ2n) is 3.35. The van der Waals surface area contributed by atoms with E-state index in [1.807, 2.05) is 0 Å². The van der Waals surface area contributed by atoms with Gasteiger partial charge in [0.25, 0.3) is 0 Å². The van der Waals surface area contributed by atoms with Crippen LogP contribution in [0.25, 0.3) is 0 Å². The monoisotopic (exact) mass is 263 g/mol. The Labute approximate surface area is 103 Å². The molecule has 0 aliphatic rings. The van der Waals surface area contributed by atoms with Crippen LogP contribution in [-0.2, 0) is 9.53 Å². The fourth-order valence-electron chi connectivity index (χ4n) is 1.30. The summed E-state index contributed by atoms with van der Waals surface area (Å²) < 4.78 is 31.4. The molecule has 0 fully saturated rings. The summed E-state index contributed by atoms with van der Waals surface area (Å²) in [5.41, 5.74) is 5.35. The molecule has 0 saturated heterocycles. The average molecular weight is 264 g/mol. The van der Waals surface area contributed by atoms with Crippen LogP contribution < -0.4 is 5.73 Å². The SMILES string of the molecule is CCOC(=O)C(F)[C@H](N)c1ccc(Cl)cc1F. The summed E-state index contributed by atoms with van der Waals surface area (Å²) in [5, 5.41) is 0.171. The van der Waals surface area contributed by atoms with Crippen LogP contribution in [-0.4, -0.2) is 18.7 Å². The summed E-state index contributed by atoms with van der Waals surface area (Å²) in [5.74, 6) is -1.86. The largest absolute Gasteiger partial charge is 0.464 e. The van der Waals surface area contributed by atoms with Crippen molar-refractivity contribution in [1.82, 2.24) is 0 Å². The third-order valence-electron chi connectivity index (χ3n) is 2.15. The summed E-state index contributed by atoms with van der Waals surface area (Å²) in [6.45, 7) is 1.58. The lowest BCUT2D eigenvalue weighted by atomic mass is 10.0. The Balaban J connectivity index is 2.88. The molecule has 1 aromatic rings. The number of hydrogen-bond donors (Lipinski definition) is 1. The third-order valence-corrected chi connectivity index (χ3v) is 2.38. The van der Waals surface area contributed by atoms with Gasteiger partial charge in [0, 0.05) is 10.6 Å². The van der Waals surface area contributed by atoms with E-state index in [0.29, 0.717) is 0 Å². The van der Waals surface area contributed by atoms with Gasteiger partial charge in [-0.3, -0.25) is 0 Å². The zero-order chi connectivity index (χ0) is 13.0. The first-order valence-electron chi connectivity index (χ1n) is 4.98. The molecule has 0 aliphatic carbocycles. The Kier molecular flexibility index (Phi) is 4.84. The molecule has 1 aromatic carbocycles. The highest BCUT2D eigenvalue weighted by Crippen LogP contribution is 2.23. The van der Waals surface area contributed by atoms with Crippen molar-refractivity contribution in [3.8, 4) is 0 Å². The number of alkyl halides is 1. The topological polar surface area (TPSA) is 52.3 Å². The average Bonchev–Trinajstić information content (AvgIpc) is 2.27. The van der Waals surface area contributed by atoms with Gasteiger partial charge in [-0.1, -0.05) is 17.7 Å². The van der Waals surface area contributed by atoms with Crippen molar-refractivity contribution in [2.24, 2.45) is 5.73 Å². The molecule has 94 valence electrons. The number of halogens is 3.